The van der Waals surface area contributed by atoms with E-state index in [1.165, 1.54) is 70.6 Å². The first-order valence-corrected chi connectivity index (χ1v) is 16.2. The topological polar surface area (TPSA) is 86.3 Å². The minimum atomic E-state index is -0.230. The van der Waals surface area contributed by atoms with Crippen LogP contribution < -0.4 is 10.5 Å². The predicted octanol–water partition coefficient (Wildman–Crippen LogP) is 9.05. The van der Waals surface area contributed by atoms with Gasteiger partial charge in [-0.1, -0.05) is 143 Å². The van der Waals surface area contributed by atoms with E-state index in [1.807, 2.05) is 48.5 Å². The molecular formula is C37H52N2O4. The zero-order chi connectivity index (χ0) is 30.4. The van der Waals surface area contributed by atoms with Crippen LogP contribution in [0.15, 0.2) is 90.1 Å². The van der Waals surface area contributed by atoms with Crippen molar-refractivity contribution in [2.75, 3.05) is 19.8 Å². The van der Waals surface area contributed by atoms with Gasteiger partial charge >= 0.3 is 0 Å². The van der Waals surface area contributed by atoms with Crippen molar-refractivity contribution in [2.24, 2.45) is 10.9 Å². The van der Waals surface area contributed by atoms with Crippen LogP contribution in [0.2, 0.25) is 0 Å². The van der Waals surface area contributed by atoms with Gasteiger partial charge in [0.2, 0.25) is 0 Å². The van der Waals surface area contributed by atoms with Crippen molar-refractivity contribution in [3.63, 3.8) is 0 Å². The Kier molecular flexibility index (Phi) is 17.0. The Morgan fingerprint density at radius 2 is 1.16 bits per heavy atom. The Hall–Kier alpha value is -3.35. The number of nitrogens with zero attached hydrogens (tertiary/aromatic N) is 1. The van der Waals surface area contributed by atoms with Crippen molar-refractivity contribution >= 4 is 5.84 Å². The van der Waals surface area contributed by atoms with Crippen molar-refractivity contribution in [3.05, 3.63) is 102 Å². The molecule has 0 heterocycles. The third kappa shape index (κ3) is 13.7. The minimum absolute atomic E-state index is 0.0661. The van der Waals surface area contributed by atoms with Gasteiger partial charge in [-0.2, -0.15) is 0 Å². The fourth-order valence-electron chi connectivity index (χ4n) is 5.15. The Balaban J connectivity index is 1.48. The largest absolute Gasteiger partial charge is 0.491 e. The van der Waals surface area contributed by atoms with Gasteiger partial charge in [0.1, 0.15) is 24.6 Å². The van der Waals surface area contributed by atoms with Gasteiger partial charge in [-0.25, -0.2) is 0 Å². The van der Waals surface area contributed by atoms with E-state index in [2.05, 4.69) is 36.3 Å². The molecule has 0 saturated carbocycles. The molecular weight excluding hydrogens is 536 g/mol. The Bertz CT molecular complexity index is 1080. The molecule has 43 heavy (non-hydrogen) atoms. The summed E-state index contributed by atoms with van der Waals surface area (Å²) in [5.41, 5.74) is 8.53. The second-order valence-corrected chi connectivity index (χ2v) is 11.2. The lowest BCUT2D eigenvalue weighted by Gasteiger charge is -2.24. The molecule has 3 rings (SSSR count). The van der Waals surface area contributed by atoms with E-state index in [1.54, 1.807) is 12.1 Å². The number of oxime groups is 1. The van der Waals surface area contributed by atoms with E-state index >= 15 is 0 Å². The first-order chi connectivity index (χ1) is 21.2. The molecule has 3 aromatic carbocycles. The van der Waals surface area contributed by atoms with Crippen molar-refractivity contribution in [1.82, 2.24) is 0 Å². The standard InChI is InChI=1S/C37H52N2O4/c1-2-3-4-5-6-7-8-9-10-11-12-19-28-41-35(29-42-34-26-24-33(25-27-34)37(38)39-40)30-43-36(31-20-15-13-16-21-31)32-22-17-14-18-23-32/h13-18,20-27,35-36,40H,2-12,19,28-30H2,1H3,(H2,38,39). The van der Waals surface area contributed by atoms with Crippen molar-refractivity contribution in [3.8, 4) is 5.75 Å². The Morgan fingerprint density at radius 3 is 1.67 bits per heavy atom. The highest BCUT2D eigenvalue weighted by Gasteiger charge is 2.19. The zero-order valence-corrected chi connectivity index (χ0v) is 26.0. The Labute approximate surface area is 259 Å². The lowest BCUT2D eigenvalue weighted by atomic mass is 10.0. The van der Waals surface area contributed by atoms with Crippen LogP contribution in [0.4, 0.5) is 0 Å². The molecule has 1 atom stereocenters. The molecule has 3 aromatic rings. The number of rotatable bonds is 23. The van der Waals surface area contributed by atoms with Crippen molar-refractivity contribution in [1.29, 1.82) is 0 Å². The second-order valence-electron chi connectivity index (χ2n) is 11.2. The maximum Gasteiger partial charge on any atom is 0.170 e. The normalized spacial score (nSPS) is 12.5. The van der Waals surface area contributed by atoms with Crippen LogP contribution in [-0.4, -0.2) is 37.0 Å². The van der Waals surface area contributed by atoms with Gasteiger partial charge < -0.3 is 25.2 Å². The number of benzene rings is 3. The van der Waals surface area contributed by atoms with Gasteiger partial charge in [-0.05, 0) is 41.8 Å². The minimum Gasteiger partial charge on any atom is -0.491 e. The fraction of sp³-hybridized carbons (Fsp3) is 0.486. The second kappa shape index (κ2) is 21.4. The lowest BCUT2D eigenvalue weighted by Crippen LogP contribution is -2.29. The first-order valence-electron chi connectivity index (χ1n) is 16.2. The summed E-state index contributed by atoms with van der Waals surface area (Å²) in [6, 6.07) is 27.7. The molecule has 0 fully saturated rings. The fourth-order valence-corrected chi connectivity index (χ4v) is 5.15. The van der Waals surface area contributed by atoms with E-state index < -0.39 is 0 Å². The number of hydrogen-bond donors (Lipinski definition) is 2. The van der Waals surface area contributed by atoms with Crippen molar-refractivity contribution < 1.29 is 19.4 Å². The SMILES string of the molecule is CCCCCCCCCCCCCCOC(COc1ccc(/C(N)=N/O)cc1)COC(c1ccccc1)c1ccccc1. The summed E-state index contributed by atoms with van der Waals surface area (Å²) in [6.07, 6.45) is 15.3. The average Bonchev–Trinajstić information content (AvgIpc) is 3.06. The molecule has 0 aliphatic carbocycles. The van der Waals surface area contributed by atoms with Crippen LogP contribution in [0.5, 0.6) is 5.75 Å². The Morgan fingerprint density at radius 1 is 0.651 bits per heavy atom. The number of nitrogens with two attached hydrogens (primary N) is 1. The van der Waals surface area contributed by atoms with Crippen LogP contribution in [0, 0.1) is 0 Å². The summed E-state index contributed by atoms with van der Waals surface area (Å²) in [6.45, 7) is 3.71. The zero-order valence-electron chi connectivity index (χ0n) is 26.0. The summed E-state index contributed by atoms with van der Waals surface area (Å²) >= 11 is 0. The van der Waals surface area contributed by atoms with Crippen LogP contribution >= 0.6 is 0 Å². The van der Waals surface area contributed by atoms with E-state index in [4.69, 9.17) is 25.2 Å². The first kappa shape index (κ1) is 34.1. The lowest BCUT2D eigenvalue weighted by molar-refractivity contribution is -0.0533. The number of amidine groups is 1. The van der Waals surface area contributed by atoms with Crippen LogP contribution in [-0.2, 0) is 9.47 Å². The molecule has 0 aliphatic rings. The van der Waals surface area contributed by atoms with E-state index in [-0.39, 0.29) is 18.0 Å². The summed E-state index contributed by atoms with van der Waals surface area (Å²) in [5, 5.41) is 12.0. The molecule has 0 aromatic heterocycles. The maximum absolute atomic E-state index is 8.92. The molecule has 234 valence electrons. The highest BCUT2D eigenvalue weighted by Crippen LogP contribution is 2.26. The summed E-state index contributed by atoms with van der Waals surface area (Å²) in [4.78, 5) is 0. The van der Waals surface area contributed by atoms with E-state index in [0.29, 0.717) is 31.1 Å². The number of hydrogen-bond acceptors (Lipinski definition) is 5. The molecule has 0 amide bonds. The predicted molar refractivity (Wildman–Crippen MR) is 176 cm³/mol. The molecule has 3 N–H and O–H groups in total. The third-order valence-electron chi connectivity index (χ3n) is 7.70. The quantitative estimate of drug-likeness (QED) is 0.0379. The van der Waals surface area contributed by atoms with E-state index in [9.17, 15) is 0 Å². The molecule has 6 heteroatoms. The molecule has 0 aliphatic heterocycles. The molecule has 6 nitrogen and oxygen atoms in total. The monoisotopic (exact) mass is 588 g/mol. The number of ether oxygens (including phenoxy) is 3. The average molecular weight is 589 g/mol. The maximum atomic E-state index is 8.92. The third-order valence-corrected chi connectivity index (χ3v) is 7.70. The highest BCUT2D eigenvalue weighted by atomic mass is 16.6. The smallest absolute Gasteiger partial charge is 0.170 e. The van der Waals surface area contributed by atoms with E-state index in [0.717, 1.165) is 17.5 Å². The van der Waals surface area contributed by atoms with Gasteiger partial charge in [-0.15, -0.1) is 0 Å². The van der Waals surface area contributed by atoms with Gasteiger partial charge in [0.25, 0.3) is 0 Å². The molecule has 0 bridgehead atoms. The van der Waals surface area contributed by atoms with Gasteiger partial charge in [-0.3, -0.25) is 0 Å². The van der Waals surface area contributed by atoms with Crippen LogP contribution in [0.1, 0.15) is 107 Å². The van der Waals surface area contributed by atoms with Gasteiger partial charge in [0, 0.05) is 12.2 Å². The van der Waals surface area contributed by atoms with Crippen molar-refractivity contribution in [2.45, 2.75) is 96.2 Å². The van der Waals surface area contributed by atoms with Gasteiger partial charge in [0.15, 0.2) is 5.84 Å². The molecule has 0 saturated heterocycles. The summed E-state index contributed by atoms with van der Waals surface area (Å²) in [7, 11) is 0. The number of unbranched alkanes of at least 4 members (excludes halogenated alkanes) is 11. The van der Waals surface area contributed by atoms with Gasteiger partial charge in [0.05, 0.1) is 6.61 Å². The highest BCUT2D eigenvalue weighted by molar-refractivity contribution is 5.97. The summed E-state index contributed by atoms with van der Waals surface area (Å²) < 4.78 is 19.0. The molecule has 0 radical (unpaired) electrons. The summed E-state index contributed by atoms with van der Waals surface area (Å²) in [5.74, 6) is 0.757. The van der Waals surface area contributed by atoms with Crippen LogP contribution in [0.25, 0.3) is 0 Å². The molecule has 1 unspecified atom stereocenters. The molecule has 0 spiro atoms. The van der Waals surface area contributed by atoms with Crippen LogP contribution in [0.3, 0.4) is 0 Å².